The van der Waals surface area contributed by atoms with E-state index in [1.165, 1.54) is 11.8 Å². The van der Waals surface area contributed by atoms with Crippen LogP contribution in [0.15, 0.2) is 47.9 Å². The highest BCUT2D eigenvalue weighted by molar-refractivity contribution is 8.00. The zero-order chi connectivity index (χ0) is 22.7. The normalized spacial score (nSPS) is 15.7. The topological polar surface area (TPSA) is 67.2 Å². The van der Waals surface area contributed by atoms with E-state index in [9.17, 15) is 4.79 Å². The van der Waals surface area contributed by atoms with Crippen molar-refractivity contribution in [2.24, 2.45) is 0 Å². The Kier molecular flexibility index (Phi) is 7.35. The lowest BCUT2D eigenvalue weighted by Gasteiger charge is -2.35. The number of pyridine rings is 1. The van der Waals surface area contributed by atoms with E-state index in [1.807, 2.05) is 34.6 Å². The SMILES string of the molecule is CCN1CCN(C(=O)C(C)Sc2nnc(-c3cccnc3)n2-c2ccc(Cl)c(Cl)c2)CC1. The van der Waals surface area contributed by atoms with Crippen molar-refractivity contribution in [1.29, 1.82) is 0 Å². The lowest BCUT2D eigenvalue weighted by Crippen LogP contribution is -2.50. The molecule has 1 fully saturated rings. The van der Waals surface area contributed by atoms with Crippen LogP contribution in [0.1, 0.15) is 13.8 Å². The number of piperazine rings is 1. The summed E-state index contributed by atoms with van der Waals surface area (Å²) in [6.07, 6.45) is 3.44. The predicted octanol–water partition coefficient (Wildman–Crippen LogP) is 4.28. The van der Waals surface area contributed by atoms with E-state index >= 15 is 0 Å². The van der Waals surface area contributed by atoms with Crippen LogP contribution in [-0.2, 0) is 4.79 Å². The molecule has 3 aromatic rings. The minimum absolute atomic E-state index is 0.109. The summed E-state index contributed by atoms with van der Waals surface area (Å²) < 4.78 is 1.89. The van der Waals surface area contributed by atoms with Gasteiger partial charge in [-0.3, -0.25) is 14.3 Å². The average Bonchev–Trinajstić information content (AvgIpc) is 3.24. The molecule has 3 heterocycles. The van der Waals surface area contributed by atoms with Crippen molar-refractivity contribution < 1.29 is 4.79 Å². The van der Waals surface area contributed by atoms with Crippen molar-refractivity contribution >= 4 is 40.9 Å². The highest BCUT2D eigenvalue weighted by Gasteiger charge is 2.27. The van der Waals surface area contributed by atoms with E-state index in [0.717, 1.165) is 44.0 Å². The molecule has 0 spiro atoms. The van der Waals surface area contributed by atoms with Crippen molar-refractivity contribution in [1.82, 2.24) is 29.5 Å². The fraction of sp³-hybridized carbons (Fsp3) is 0.364. The van der Waals surface area contributed by atoms with Crippen LogP contribution in [0.2, 0.25) is 10.0 Å². The zero-order valence-electron chi connectivity index (χ0n) is 17.9. The number of halogens is 2. The van der Waals surface area contributed by atoms with Crippen LogP contribution < -0.4 is 0 Å². The summed E-state index contributed by atoms with van der Waals surface area (Å²) in [5.41, 5.74) is 1.58. The Balaban J connectivity index is 1.63. The minimum Gasteiger partial charge on any atom is -0.339 e. The Bertz CT molecular complexity index is 1090. The number of likely N-dealkylation sites (N-methyl/N-ethyl adjacent to an activating group) is 1. The van der Waals surface area contributed by atoms with Crippen molar-refractivity contribution in [3.05, 3.63) is 52.8 Å². The van der Waals surface area contributed by atoms with Gasteiger partial charge in [0.15, 0.2) is 11.0 Å². The smallest absolute Gasteiger partial charge is 0.235 e. The zero-order valence-corrected chi connectivity index (χ0v) is 20.2. The molecule has 0 aliphatic carbocycles. The van der Waals surface area contributed by atoms with Gasteiger partial charge in [-0.2, -0.15) is 0 Å². The number of hydrogen-bond donors (Lipinski definition) is 0. The van der Waals surface area contributed by atoms with Gasteiger partial charge in [0.2, 0.25) is 5.91 Å². The van der Waals surface area contributed by atoms with Gasteiger partial charge in [-0.1, -0.05) is 41.9 Å². The molecular formula is C22H24Cl2N6OS. The summed E-state index contributed by atoms with van der Waals surface area (Å²) in [6, 6.07) is 9.13. The third kappa shape index (κ3) is 4.93. The lowest BCUT2D eigenvalue weighted by atomic mass is 10.2. The van der Waals surface area contributed by atoms with Crippen molar-refractivity contribution in [3.63, 3.8) is 0 Å². The number of hydrogen-bond acceptors (Lipinski definition) is 6. The molecule has 168 valence electrons. The Morgan fingerprint density at radius 2 is 1.91 bits per heavy atom. The molecule has 4 rings (SSSR count). The molecule has 1 aliphatic rings. The molecule has 1 saturated heterocycles. The van der Waals surface area contributed by atoms with Crippen LogP contribution in [0, 0.1) is 0 Å². The Hall–Kier alpha value is -2.13. The van der Waals surface area contributed by atoms with Crippen LogP contribution >= 0.6 is 35.0 Å². The maximum atomic E-state index is 13.1. The van der Waals surface area contributed by atoms with Crippen LogP contribution in [0.25, 0.3) is 17.1 Å². The van der Waals surface area contributed by atoms with Gasteiger partial charge in [-0.15, -0.1) is 10.2 Å². The van der Waals surface area contributed by atoms with Gasteiger partial charge in [-0.25, -0.2) is 0 Å². The predicted molar refractivity (Wildman–Crippen MR) is 129 cm³/mol. The third-order valence-corrected chi connectivity index (χ3v) is 7.24. The molecule has 1 atom stereocenters. The first-order chi connectivity index (χ1) is 15.5. The number of carbonyl (C=O) groups is 1. The Morgan fingerprint density at radius 1 is 1.12 bits per heavy atom. The van der Waals surface area contributed by atoms with E-state index < -0.39 is 0 Å². The number of carbonyl (C=O) groups excluding carboxylic acids is 1. The molecule has 2 aromatic heterocycles. The molecule has 1 aromatic carbocycles. The molecule has 0 saturated carbocycles. The molecule has 7 nitrogen and oxygen atoms in total. The monoisotopic (exact) mass is 490 g/mol. The van der Waals surface area contributed by atoms with Crippen LogP contribution in [0.4, 0.5) is 0 Å². The lowest BCUT2D eigenvalue weighted by molar-refractivity contribution is -0.132. The Labute approximate surface area is 201 Å². The molecule has 10 heteroatoms. The van der Waals surface area contributed by atoms with E-state index in [-0.39, 0.29) is 11.2 Å². The summed E-state index contributed by atoms with van der Waals surface area (Å²) in [7, 11) is 0. The molecule has 1 amide bonds. The highest BCUT2D eigenvalue weighted by atomic mass is 35.5. The summed E-state index contributed by atoms with van der Waals surface area (Å²) >= 11 is 13.8. The first kappa shape index (κ1) is 23.0. The van der Waals surface area contributed by atoms with E-state index in [0.29, 0.717) is 21.0 Å². The van der Waals surface area contributed by atoms with Gasteiger partial charge in [0.05, 0.1) is 21.0 Å². The summed E-state index contributed by atoms with van der Waals surface area (Å²) in [4.78, 5) is 21.6. The number of amides is 1. The molecule has 1 aliphatic heterocycles. The largest absolute Gasteiger partial charge is 0.339 e. The molecule has 0 N–H and O–H groups in total. The maximum absolute atomic E-state index is 13.1. The number of benzene rings is 1. The summed E-state index contributed by atoms with van der Waals surface area (Å²) in [6.45, 7) is 8.38. The Morgan fingerprint density at radius 3 is 2.56 bits per heavy atom. The van der Waals surface area contributed by atoms with Crippen LogP contribution in [0.5, 0.6) is 0 Å². The minimum atomic E-state index is -0.310. The number of nitrogens with zero attached hydrogens (tertiary/aromatic N) is 6. The van der Waals surface area contributed by atoms with Crippen molar-refractivity contribution in [2.45, 2.75) is 24.3 Å². The van der Waals surface area contributed by atoms with Gasteiger partial charge in [-0.05, 0) is 43.8 Å². The van der Waals surface area contributed by atoms with E-state index in [1.54, 1.807) is 24.5 Å². The summed E-state index contributed by atoms with van der Waals surface area (Å²) in [5.74, 6) is 0.729. The average molecular weight is 491 g/mol. The summed E-state index contributed by atoms with van der Waals surface area (Å²) in [5, 5.41) is 10.0. The molecule has 1 unspecified atom stereocenters. The quantitative estimate of drug-likeness (QED) is 0.480. The second-order valence-corrected chi connectivity index (χ2v) is 9.62. The van der Waals surface area contributed by atoms with Gasteiger partial charge >= 0.3 is 0 Å². The second-order valence-electron chi connectivity index (χ2n) is 7.50. The van der Waals surface area contributed by atoms with E-state index in [4.69, 9.17) is 23.2 Å². The fourth-order valence-corrected chi connectivity index (χ4v) is 4.88. The number of aromatic nitrogens is 4. The fourth-order valence-electron chi connectivity index (χ4n) is 3.64. The second kappa shape index (κ2) is 10.2. The third-order valence-electron chi connectivity index (χ3n) is 5.48. The van der Waals surface area contributed by atoms with Crippen LogP contribution in [-0.4, -0.2) is 73.4 Å². The maximum Gasteiger partial charge on any atom is 0.235 e. The highest BCUT2D eigenvalue weighted by Crippen LogP contribution is 2.33. The molecule has 32 heavy (non-hydrogen) atoms. The van der Waals surface area contributed by atoms with Gasteiger partial charge in [0.1, 0.15) is 0 Å². The first-order valence-electron chi connectivity index (χ1n) is 10.5. The molecular weight excluding hydrogens is 467 g/mol. The standard InChI is InChI=1S/C22H24Cl2N6OS/c1-3-28-9-11-29(12-10-28)21(31)15(2)32-22-27-26-20(16-5-4-8-25-14-16)30(22)17-6-7-18(23)19(24)13-17/h4-8,13-15H,3,9-12H2,1-2H3. The first-order valence-corrected chi connectivity index (χ1v) is 12.1. The number of thioether (sulfide) groups is 1. The van der Waals surface area contributed by atoms with Crippen molar-refractivity contribution in [3.8, 4) is 17.1 Å². The van der Waals surface area contributed by atoms with Crippen molar-refractivity contribution in [2.75, 3.05) is 32.7 Å². The van der Waals surface area contributed by atoms with Gasteiger partial charge in [0.25, 0.3) is 0 Å². The van der Waals surface area contributed by atoms with E-state index in [2.05, 4.69) is 27.0 Å². The molecule has 0 radical (unpaired) electrons. The molecule has 0 bridgehead atoms. The van der Waals surface area contributed by atoms with Gasteiger partial charge in [0, 0.05) is 44.1 Å². The van der Waals surface area contributed by atoms with Crippen LogP contribution in [0.3, 0.4) is 0 Å². The number of rotatable bonds is 6. The van der Waals surface area contributed by atoms with Gasteiger partial charge < -0.3 is 9.80 Å².